The highest BCUT2D eigenvalue weighted by Gasteiger charge is 2.06. The summed E-state index contributed by atoms with van der Waals surface area (Å²) in [7, 11) is 0. The van der Waals surface area contributed by atoms with E-state index in [0.717, 1.165) is 28.3 Å². The summed E-state index contributed by atoms with van der Waals surface area (Å²) in [6.45, 7) is 5.38. The Hall–Kier alpha value is -3.12. The average molecular weight is 382 g/mol. The van der Waals surface area contributed by atoms with E-state index in [0.29, 0.717) is 16.8 Å². The van der Waals surface area contributed by atoms with Crippen LogP contribution in [0.4, 0.5) is 28.8 Å². The maximum Gasteiger partial charge on any atom is 0.229 e. The van der Waals surface area contributed by atoms with Crippen LogP contribution in [-0.4, -0.2) is 15.9 Å². The molecule has 1 heterocycles. The lowest BCUT2D eigenvalue weighted by Gasteiger charge is -2.12. The first-order valence-electron chi connectivity index (χ1n) is 8.42. The van der Waals surface area contributed by atoms with Crippen LogP contribution in [0.5, 0.6) is 0 Å². The van der Waals surface area contributed by atoms with Crippen molar-refractivity contribution in [3.05, 3.63) is 64.8 Å². The van der Waals surface area contributed by atoms with Gasteiger partial charge in [-0.05, 0) is 55.8 Å². The van der Waals surface area contributed by atoms with Crippen LogP contribution >= 0.6 is 11.6 Å². The van der Waals surface area contributed by atoms with Gasteiger partial charge in [0.2, 0.25) is 11.9 Å². The maximum absolute atomic E-state index is 11.1. The number of benzene rings is 2. The van der Waals surface area contributed by atoms with Crippen LogP contribution in [0.1, 0.15) is 18.2 Å². The molecule has 6 nitrogen and oxygen atoms in total. The summed E-state index contributed by atoms with van der Waals surface area (Å²) in [6.07, 6.45) is 0. The molecule has 1 amide bonds. The lowest BCUT2D eigenvalue weighted by Crippen LogP contribution is -2.06. The van der Waals surface area contributed by atoms with Crippen LogP contribution < -0.4 is 16.0 Å². The standard InChI is InChI=1S/C20H20ClN5O/c1-12-4-5-15(21)11-18(12)25-19-10-13(2)22-20(26-19)24-17-8-6-16(7-9-17)23-14(3)27/h4-11H,1-3H3,(H,23,27)(H2,22,24,25,26). The number of hydrogen-bond acceptors (Lipinski definition) is 5. The number of aromatic nitrogens is 2. The van der Waals surface area contributed by atoms with Crippen LogP contribution in [0.3, 0.4) is 0 Å². The second kappa shape index (κ2) is 8.05. The van der Waals surface area contributed by atoms with Crippen LogP contribution in [0, 0.1) is 13.8 Å². The first-order valence-corrected chi connectivity index (χ1v) is 8.80. The Labute approximate surface area is 163 Å². The molecule has 3 aromatic rings. The first-order chi connectivity index (χ1) is 12.9. The third kappa shape index (κ3) is 5.18. The van der Waals surface area contributed by atoms with Gasteiger partial charge in [-0.25, -0.2) is 4.98 Å². The Morgan fingerprint density at radius 1 is 0.926 bits per heavy atom. The Kier molecular flexibility index (Phi) is 5.57. The van der Waals surface area contributed by atoms with Gasteiger partial charge in [-0.2, -0.15) is 4.98 Å². The van der Waals surface area contributed by atoms with Crippen molar-refractivity contribution in [2.24, 2.45) is 0 Å². The van der Waals surface area contributed by atoms with Crippen LogP contribution in [0.25, 0.3) is 0 Å². The number of hydrogen-bond donors (Lipinski definition) is 3. The zero-order valence-electron chi connectivity index (χ0n) is 15.3. The van der Waals surface area contributed by atoms with Gasteiger partial charge in [0.25, 0.3) is 0 Å². The topological polar surface area (TPSA) is 78.9 Å². The maximum atomic E-state index is 11.1. The fourth-order valence-corrected chi connectivity index (χ4v) is 2.70. The van der Waals surface area contributed by atoms with E-state index in [1.54, 1.807) is 0 Å². The van der Waals surface area contributed by atoms with E-state index in [9.17, 15) is 4.79 Å². The molecule has 3 N–H and O–H groups in total. The second-order valence-corrected chi connectivity index (χ2v) is 6.62. The Morgan fingerprint density at radius 2 is 1.63 bits per heavy atom. The number of carbonyl (C=O) groups excluding carboxylic acids is 1. The van der Waals surface area contributed by atoms with Crippen LogP contribution in [0.15, 0.2) is 48.5 Å². The number of nitrogens with zero attached hydrogens (tertiary/aromatic N) is 2. The Balaban J connectivity index is 1.79. The lowest BCUT2D eigenvalue weighted by molar-refractivity contribution is -0.114. The molecule has 2 aromatic carbocycles. The first kappa shape index (κ1) is 18.7. The van der Waals surface area contributed by atoms with Crippen molar-refractivity contribution in [2.45, 2.75) is 20.8 Å². The van der Waals surface area contributed by atoms with Gasteiger partial charge < -0.3 is 16.0 Å². The molecule has 138 valence electrons. The number of carbonyl (C=O) groups is 1. The number of halogens is 1. The molecule has 0 aliphatic carbocycles. The van der Waals surface area contributed by atoms with Gasteiger partial charge in [0, 0.05) is 40.8 Å². The second-order valence-electron chi connectivity index (χ2n) is 6.19. The fraction of sp³-hybridized carbons (Fsp3) is 0.150. The summed E-state index contributed by atoms with van der Waals surface area (Å²) in [4.78, 5) is 20.0. The van der Waals surface area contributed by atoms with E-state index in [1.165, 1.54) is 6.92 Å². The summed E-state index contributed by atoms with van der Waals surface area (Å²) in [6, 6.07) is 14.9. The SMILES string of the molecule is CC(=O)Nc1ccc(Nc2nc(C)cc(Nc3cc(Cl)ccc3C)n2)cc1. The van der Waals surface area contributed by atoms with Gasteiger partial charge in [0.1, 0.15) is 5.82 Å². The summed E-state index contributed by atoms with van der Waals surface area (Å²) in [5, 5.41) is 9.86. The van der Waals surface area contributed by atoms with Gasteiger partial charge >= 0.3 is 0 Å². The number of rotatable bonds is 5. The summed E-state index contributed by atoms with van der Waals surface area (Å²) >= 11 is 6.09. The molecule has 0 saturated carbocycles. The smallest absolute Gasteiger partial charge is 0.229 e. The van der Waals surface area contributed by atoms with Gasteiger partial charge in [-0.15, -0.1) is 0 Å². The minimum absolute atomic E-state index is 0.107. The van der Waals surface area contributed by atoms with Crippen molar-refractivity contribution in [1.29, 1.82) is 0 Å². The largest absolute Gasteiger partial charge is 0.340 e. The van der Waals surface area contributed by atoms with Crippen molar-refractivity contribution in [3.63, 3.8) is 0 Å². The third-order valence-corrected chi connectivity index (χ3v) is 4.01. The molecule has 1 aromatic heterocycles. The molecule has 7 heteroatoms. The zero-order valence-corrected chi connectivity index (χ0v) is 16.1. The highest BCUT2D eigenvalue weighted by atomic mass is 35.5. The van der Waals surface area contributed by atoms with E-state index < -0.39 is 0 Å². The predicted octanol–water partition coefficient (Wildman–Crippen LogP) is 5.19. The third-order valence-electron chi connectivity index (χ3n) is 3.78. The van der Waals surface area contributed by atoms with Gasteiger partial charge in [-0.1, -0.05) is 17.7 Å². The molecule has 0 atom stereocenters. The molecule has 0 aliphatic rings. The number of amides is 1. The normalized spacial score (nSPS) is 10.4. The summed E-state index contributed by atoms with van der Waals surface area (Å²) in [5.74, 6) is 1.04. The molecule has 0 saturated heterocycles. The molecular weight excluding hydrogens is 362 g/mol. The molecular formula is C20H20ClN5O. The number of nitrogens with one attached hydrogen (secondary N) is 3. The highest BCUT2D eigenvalue weighted by molar-refractivity contribution is 6.30. The van der Waals surface area contributed by atoms with Gasteiger partial charge in [0.15, 0.2) is 0 Å². The summed E-state index contributed by atoms with van der Waals surface area (Å²) in [5.41, 5.74) is 4.34. The van der Waals surface area contributed by atoms with Crippen molar-refractivity contribution in [3.8, 4) is 0 Å². The molecule has 0 bridgehead atoms. The van der Waals surface area contributed by atoms with Gasteiger partial charge in [0.05, 0.1) is 0 Å². The minimum atomic E-state index is -0.107. The molecule has 27 heavy (non-hydrogen) atoms. The van der Waals surface area contributed by atoms with E-state index in [1.807, 2.05) is 62.4 Å². The van der Waals surface area contributed by atoms with Crippen molar-refractivity contribution < 1.29 is 4.79 Å². The van der Waals surface area contributed by atoms with Crippen LogP contribution in [-0.2, 0) is 4.79 Å². The van der Waals surface area contributed by atoms with Crippen molar-refractivity contribution in [2.75, 3.05) is 16.0 Å². The number of anilines is 5. The Morgan fingerprint density at radius 3 is 2.33 bits per heavy atom. The summed E-state index contributed by atoms with van der Waals surface area (Å²) < 4.78 is 0. The predicted molar refractivity (Wildman–Crippen MR) is 110 cm³/mol. The molecule has 0 radical (unpaired) electrons. The average Bonchev–Trinajstić information content (AvgIpc) is 2.59. The zero-order chi connectivity index (χ0) is 19.4. The fourth-order valence-electron chi connectivity index (χ4n) is 2.52. The van der Waals surface area contributed by atoms with Crippen LogP contribution in [0.2, 0.25) is 5.02 Å². The monoisotopic (exact) mass is 381 g/mol. The van der Waals surface area contributed by atoms with Gasteiger partial charge in [-0.3, -0.25) is 4.79 Å². The number of aryl methyl sites for hydroxylation is 2. The molecule has 3 rings (SSSR count). The van der Waals surface area contributed by atoms with Crippen molar-refractivity contribution >= 4 is 46.3 Å². The van der Waals surface area contributed by atoms with E-state index in [4.69, 9.17) is 11.6 Å². The molecule has 0 aliphatic heterocycles. The highest BCUT2D eigenvalue weighted by Crippen LogP contribution is 2.25. The Bertz CT molecular complexity index is 973. The van der Waals surface area contributed by atoms with Crippen molar-refractivity contribution in [1.82, 2.24) is 9.97 Å². The molecule has 0 unspecified atom stereocenters. The van der Waals surface area contributed by atoms with E-state index in [-0.39, 0.29) is 5.91 Å². The minimum Gasteiger partial charge on any atom is -0.340 e. The van der Waals surface area contributed by atoms with E-state index >= 15 is 0 Å². The van der Waals surface area contributed by atoms with E-state index in [2.05, 4.69) is 25.9 Å². The quantitative estimate of drug-likeness (QED) is 0.566. The molecule has 0 spiro atoms. The lowest BCUT2D eigenvalue weighted by atomic mass is 10.2. The molecule has 0 fully saturated rings.